The first-order chi connectivity index (χ1) is 11.1. The molecule has 0 saturated carbocycles. The van der Waals surface area contributed by atoms with Crippen LogP contribution in [-0.4, -0.2) is 33.6 Å². The van der Waals surface area contributed by atoms with Gasteiger partial charge in [0.1, 0.15) is 0 Å². The van der Waals surface area contributed by atoms with Gasteiger partial charge in [0.25, 0.3) is 0 Å². The molecule has 5 heteroatoms. The monoisotopic (exact) mass is 346 g/mol. The largest absolute Gasteiger partial charge is 0.337 e. The van der Waals surface area contributed by atoms with Gasteiger partial charge in [0, 0.05) is 23.0 Å². The predicted octanol–water partition coefficient (Wildman–Crippen LogP) is 4.69. The summed E-state index contributed by atoms with van der Waals surface area (Å²) in [6, 6.07) is 10.9. The van der Waals surface area contributed by atoms with Gasteiger partial charge in [-0.2, -0.15) is 0 Å². The van der Waals surface area contributed by atoms with Crippen molar-refractivity contribution in [3.8, 4) is 11.3 Å². The number of likely N-dealkylation sites (tertiary alicyclic amines) is 1. The first kappa shape index (κ1) is 16.5. The fourth-order valence-corrected chi connectivity index (χ4v) is 4.88. The molecule has 3 rings (SSSR count). The van der Waals surface area contributed by atoms with Gasteiger partial charge in [-0.25, -0.2) is 4.98 Å². The molecule has 1 aliphatic rings. The van der Waals surface area contributed by atoms with Gasteiger partial charge in [-0.3, -0.25) is 4.79 Å². The Morgan fingerprint density at radius 1 is 1.26 bits per heavy atom. The summed E-state index contributed by atoms with van der Waals surface area (Å²) in [7, 11) is 0. The van der Waals surface area contributed by atoms with E-state index in [1.807, 2.05) is 18.2 Å². The van der Waals surface area contributed by atoms with E-state index in [1.54, 1.807) is 23.1 Å². The molecule has 0 N–H and O–H groups in total. The van der Waals surface area contributed by atoms with Crippen LogP contribution in [-0.2, 0) is 4.79 Å². The number of thioether (sulfide) groups is 1. The average molecular weight is 347 g/mol. The van der Waals surface area contributed by atoms with E-state index in [2.05, 4.69) is 41.2 Å². The third-order valence-electron chi connectivity index (χ3n) is 4.35. The van der Waals surface area contributed by atoms with Crippen LogP contribution < -0.4 is 0 Å². The second-order valence-electron chi connectivity index (χ2n) is 6.08. The lowest BCUT2D eigenvalue weighted by molar-refractivity contribution is -0.134. The minimum absolute atomic E-state index is 0.242. The summed E-state index contributed by atoms with van der Waals surface area (Å²) in [6.45, 7) is 4.32. The number of thiazole rings is 1. The van der Waals surface area contributed by atoms with Crippen molar-refractivity contribution < 1.29 is 4.79 Å². The highest BCUT2D eigenvalue weighted by Gasteiger charge is 2.28. The van der Waals surface area contributed by atoms with Crippen LogP contribution in [0.4, 0.5) is 0 Å². The minimum Gasteiger partial charge on any atom is -0.337 e. The number of benzene rings is 1. The van der Waals surface area contributed by atoms with E-state index < -0.39 is 0 Å². The lowest BCUT2D eigenvalue weighted by atomic mass is 9.98. The molecule has 1 amide bonds. The molecule has 0 bridgehead atoms. The average Bonchev–Trinajstić information content (AvgIpc) is 3.02. The number of hydrogen-bond donors (Lipinski definition) is 0. The first-order valence-electron chi connectivity index (χ1n) is 8.10. The van der Waals surface area contributed by atoms with Crippen LogP contribution in [0.5, 0.6) is 0 Å². The molecular formula is C18H22N2OS2. The molecule has 23 heavy (non-hydrogen) atoms. The highest BCUT2D eigenvalue weighted by molar-refractivity contribution is 8.01. The summed E-state index contributed by atoms with van der Waals surface area (Å²) < 4.78 is 0.967. The van der Waals surface area contributed by atoms with Crippen LogP contribution in [0.2, 0.25) is 0 Å². The van der Waals surface area contributed by atoms with Crippen LogP contribution in [0.15, 0.2) is 40.1 Å². The molecule has 2 unspecified atom stereocenters. The Morgan fingerprint density at radius 3 is 2.65 bits per heavy atom. The van der Waals surface area contributed by atoms with Crippen LogP contribution in [0.25, 0.3) is 11.3 Å². The van der Waals surface area contributed by atoms with E-state index >= 15 is 0 Å². The Bertz CT molecular complexity index is 646. The quantitative estimate of drug-likeness (QED) is 0.753. The number of aromatic nitrogens is 1. The maximum atomic E-state index is 12.6. The number of rotatable bonds is 4. The highest BCUT2D eigenvalue weighted by Crippen LogP contribution is 2.29. The molecule has 122 valence electrons. The molecule has 2 atom stereocenters. The van der Waals surface area contributed by atoms with E-state index in [-0.39, 0.29) is 5.91 Å². The molecule has 1 aromatic carbocycles. The fraction of sp³-hybridized carbons (Fsp3) is 0.444. The molecule has 1 aromatic heterocycles. The number of hydrogen-bond acceptors (Lipinski definition) is 4. The Labute approximate surface area is 146 Å². The Hall–Kier alpha value is -1.33. The minimum atomic E-state index is 0.242. The zero-order valence-corrected chi connectivity index (χ0v) is 15.2. The Kier molecular flexibility index (Phi) is 5.38. The lowest BCUT2D eigenvalue weighted by Crippen LogP contribution is -2.48. The molecule has 0 spiro atoms. The van der Waals surface area contributed by atoms with Crippen LogP contribution >= 0.6 is 23.1 Å². The van der Waals surface area contributed by atoms with Crippen LogP contribution in [0, 0.1) is 0 Å². The van der Waals surface area contributed by atoms with E-state index in [9.17, 15) is 4.79 Å². The van der Waals surface area contributed by atoms with E-state index in [4.69, 9.17) is 0 Å². The van der Waals surface area contributed by atoms with Crippen molar-refractivity contribution in [1.29, 1.82) is 0 Å². The van der Waals surface area contributed by atoms with Crippen molar-refractivity contribution in [2.24, 2.45) is 0 Å². The van der Waals surface area contributed by atoms with Gasteiger partial charge in [0.05, 0.1) is 11.4 Å². The summed E-state index contributed by atoms with van der Waals surface area (Å²) >= 11 is 3.17. The topological polar surface area (TPSA) is 33.2 Å². The number of amides is 1. The van der Waals surface area contributed by atoms with Crippen molar-refractivity contribution in [1.82, 2.24) is 9.88 Å². The molecule has 0 radical (unpaired) electrons. The molecule has 3 nitrogen and oxygen atoms in total. The fourth-order valence-electron chi connectivity index (χ4n) is 3.18. The second kappa shape index (κ2) is 7.49. The lowest BCUT2D eigenvalue weighted by Gasteiger charge is -2.39. The molecule has 2 aromatic rings. The molecule has 1 fully saturated rings. The summed E-state index contributed by atoms with van der Waals surface area (Å²) in [6.07, 6.45) is 3.47. The van der Waals surface area contributed by atoms with Crippen LogP contribution in [0.3, 0.4) is 0 Å². The first-order valence-corrected chi connectivity index (χ1v) is 9.96. The van der Waals surface area contributed by atoms with Crippen molar-refractivity contribution >= 4 is 29.0 Å². The summed E-state index contributed by atoms with van der Waals surface area (Å²) in [5.41, 5.74) is 2.12. The van der Waals surface area contributed by atoms with E-state index in [0.29, 0.717) is 17.8 Å². The van der Waals surface area contributed by atoms with Crippen molar-refractivity contribution in [2.45, 2.75) is 49.5 Å². The summed E-state index contributed by atoms with van der Waals surface area (Å²) in [4.78, 5) is 19.3. The molecular weight excluding hydrogens is 324 g/mol. The number of carbonyl (C=O) groups excluding carboxylic acids is 1. The van der Waals surface area contributed by atoms with Crippen molar-refractivity contribution in [3.05, 3.63) is 35.7 Å². The third kappa shape index (κ3) is 3.96. The number of piperidine rings is 1. The Balaban J connectivity index is 1.60. The van der Waals surface area contributed by atoms with Gasteiger partial charge in [-0.05, 0) is 33.1 Å². The molecule has 0 aliphatic carbocycles. The van der Waals surface area contributed by atoms with Gasteiger partial charge in [-0.15, -0.1) is 11.3 Å². The Morgan fingerprint density at radius 2 is 1.96 bits per heavy atom. The standard InChI is InChI=1S/C18H22N2OS2/c1-13-7-6-8-14(2)20(13)17(21)12-23-18-19-16(11-22-18)15-9-4-3-5-10-15/h3-5,9-11,13-14H,6-8,12H2,1-2H3. The summed E-state index contributed by atoms with van der Waals surface area (Å²) in [5.74, 6) is 0.724. The van der Waals surface area contributed by atoms with Crippen molar-refractivity contribution in [2.75, 3.05) is 5.75 Å². The van der Waals surface area contributed by atoms with Gasteiger partial charge < -0.3 is 4.90 Å². The molecule has 1 saturated heterocycles. The second-order valence-corrected chi connectivity index (χ2v) is 8.16. The zero-order valence-electron chi connectivity index (χ0n) is 13.6. The third-order valence-corrected chi connectivity index (χ3v) is 6.36. The van der Waals surface area contributed by atoms with Crippen molar-refractivity contribution in [3.63, 3.8) is 0 Å². The number of carbonyl (C=O) groups is 1. The summed E-state index contributed by atoms with van der Waals surface area (Å²) in [5, 5.41) is 2.06. The highest BCUT2D eigenvalue weighted by atomic mass is 32.2. The predicted molar refractivity (Wildman–Crippen MR) is 97.9 cm³/mol. The van der Waals surface area contributed by atoms with Gasteiger partial charge in [-0.1, -0.05) is 42.1 Å². The SMILES string of the molecule is CC1CCCC(C)N1C(=O)CSc1nc(-c2ccccc2)cs1. The van der Waals surface area contributed by atoms with E-state index in [0.717, 1.165) is 28.4 Å². The van der Waals surface area contributed by atoms with E-state index in [1.165, 1.54) is 6.42 Å². The maximum Gasteiger partial charge on any atom is 0.233 e. The molecule has 1 aliphatic heterocycles. The smallest absolute Gasteiger partial charge is 0.233 e. The maximum absolute atomic E-state index is 12.6. The number of nitrogens with zero attached hydrogens (tertiary/aromatic N) is 2. The van der Waals surface area contributed by atoms with Crippen LogP contribution in [0.1, 0.15) is 33.1 Å². The van der Waals surface area contributed by atoms with Gasteiger partial charge in [0.15, 0.2) is 4.34 Å². The zero-order chi connectivity index (χ0) is 16.2. The molecule has 2 heterocycles. The van der Waals surface area contributed by atoms with Gasteiger partial charge in [0.2, 0.25) is 5.91 Å². The normalized spacial score (nSPS) is 21.4. The van der Waals surface area contributed by atoms with Gasteiger partial charge >= 0.3 is 0 Å².